The Hall–Kier alpha value is -2.98. The van der Waals surface area contributed by atoms with Crippen LogP contribution in [0.4, 0.5) is 4.79 Å². The van der Waals surface area contributed by atoms with E-state index < -0.39 is 22.2 Å². The third kappa shape index (κ3) is 4.33. The second-order valence-electron chi connectivity index (χ2n) is 7.87. The van der Waals surface area contributed by atoms with Crippen molar-refractivity contribution in [2.24, 2.45) is 0 Å². The number of hydrogen-bond donors (Lipinski definition) is 2. The van der Waals surface area contributed by atoms with E-state index in [4.69, 9.17) is 9.26 Å². The second-order valence-corrected chi connectivity index (χ2v) is 9.56. The molecular formula is C22H26N4O5S. The predicted molar refractivity (Wildman–Crippen MR) is 119 cm³/mol. The summed E-state index contributed by atoms with van der Waals surface area (Å²) in [5.74, 6) is 0.601. The average molecular weight is 459 g/mol. The number of pyridine rings is 1. The molecule has 2 heterocycles. The third-order valence-electron chi connectivity index (χ3n) is 5.70. The minimum absolute atomic E-state index is 0.125. The first-order valence-electron chi connectivity index (χ1n) is 10.6. The van der Waals surface area contributed by atoms with Gasteiger partial charge >= 0.3 is 6.09 Å². The van der Waals surface area contributed by atoms with Gasteiger partial charge < -0.3 is 14.6 Å². The molecule has 1 aliphatic carbocycles. The quantitative estimate of drug-likeness (QED) is 0.580. The van der Waals surface area contributed by atoms with Gasteiger partial charge in [0.05, 0.1) is 22.7 Å². The van der Waals surface area contributed by atoms with Crippen LogP contribution in [0.5, 0.6) is 0 Å². The van der Waals surface area contributed by atoms with E-state index in [2.05, 4.69) is 20.2 Å². The van der Waals surface area contributed by atoms with E-state index in [1.54, 1.807) is 38.2 Å². The molecule has 0 aliphatic heterocycles. The van der Waals surface area contributed by atoms with Gasteiger partial charge in [0.15, 0.2) is 0 Å². The summed E-state index contributed by atoms with van der Waals surface area (Å²) in [5.41, 5.74) is 2.64. The summed E-state index contributed by atoms with van der Waals surface area (Å²) in [5, 5.41) is 7.27. The molecule has 1 fully saturated rings. The van der Waals surface area contributed by atoms with Gasteiger partial charge in [0.2, 0.25) is 10.0 Å². The summed E-state index contributed by atoms with van der Waals surface area (Å²) >= 11 is 0. The number of amides is 1. The third-order valence-corrected chi connectivity index (χ3v) is 7.23. The number of nitrogens with zero attached hydrogens (tertiary/aromatic N) is 2. The van der Waals surface area contributed by atoms with Crippen LogP contribution in [0.25, 0.3) is 22.0 Å². The molecule has 3 aromatic rings. The molecule has 1 unspecified atom stereocenters. The number of carbonyl (C=O) groups excluding carboxylic acids is 1. The van der Waals surface area contributed by atoms with Crippen molar-refractivity contribution >= 4 is 27.0 Å². The van der Waals surface area contributed by atoms with Crippen LogP contribution >= 0.6 is 0 Å². The van der Waals surface area contributed by atoms with Crippen LogP contribution in [0.2, 0.25) is 0 Å². The number of aryl methyl sites for hydroxylation is 2. The number of carbonyl (C=O) groups is 1. The minimum Gasteiger partial charge on any atom is -0.450 e. The molecule has 4 rings (SSSR count). The number of alkyl carbamates (subject to hydrolysis) is 1. The van der Waals surface area contributed by atoms with E-state index in [-0.39, 0.29) is 17.5 Å². The van der Waals surface area contributed by atoms with E-state index in [1.807, 2.05) is 13.0 Å². The Kier molecular flexibility index (Phi) is 6.16. The molecule has 1 aliphatic rings. The maximum absolute atomic E-state index is 13.5. The summed E-state index contributed by atoms with van der Waals surface area (Å²) in [4.78, 5) is 16.4. The van der Waals surface area contributed by atoms with Gasteiger partial charge in [0.1, 0.15) is 5.76 Å². The number of ether oxygens (including phenoxy) is 1. The van der Waals surface area contributed by atoms with Crippen LogP contribution in [0.15, 0.2) is 39.9 Å². The van der Waals surface area contributed by atoms with E-state index in [1.165, 1.54) is 0 Å². The van der Waals surface area contributed by atoms with Gasteiger partial charge in [0, 0.05) is 29.2 Å². The summed E-state index contributed by atoms with van der Waals surface area (Å²) < 4.78 is 40.1. The van der Waals surface area contributed by atoms with Gasteiger partial charge in [0.25, 0.3) is 0 Å². The van der Waals surface area contributed by atoms with Crippen LogP contribution < -0.4 is 10.0 Å². The van der Waals surface area contributed by atoms with Crippen molar-refractivity contribution in [1.29, 1.82) is 0 Å². The van der Waals surface area contributed by atoms with Crippen molar-refractivity contribution in [1.82, 2.24) is 20.2 Å². The maximum atomic E-state index is 13.5. The fourth-order valence-electron chi connectivity index (χ4n) is 4.27. The number of sulfonamides is 1. The molecule has 2 atom stereocenters. The van der Waals surface area contributed by atoms with Gasteiger partial charge in [-0.15, -0.1) is 0 Å². The van der Waals surface area contributed by atoms with Crippen LogP contribution in [0.1, 0.15) is 37.6 Å². The number of nitrogens with one attached hydrogen (secondary N) is 2. The lowest BCUT2D eigenvalue weighted by Crippen LogP contribution is -2.48. The number of aromatic nitrogens is 2. The normalized spacial score (nSPS) is 18.7. The zero-order valence-corrected chi connectivity index (χ0v) is 19.0. The number of hydrogen-bond acceptors (Lipinski definition) is 7. The standard InChI is InChI=1S/C22H26N4O5S/c1-4-30-22(27)24-17-8-5-9-18(17)26-32(28,29)20-12-15(21-13(2)25-31-14(21)3)11-19-16(20)7-6-10-23-19/h6-7,10-12,17-18,26H,4-5,8-9H2,1-3H3,(H,24,27)/t17?,18-/m1/s1. The van der Waals surface area contributed by atoms with Crippen molar-refractivity contribution in [3.63, 3.8) is 0 Å². The van der Waals surface area contributed by atoms with Gasteiger partial charge in [-0.2, -0.15) is 0 Å². The Bertz CT molecular complexity index is 1230. The highest BCUT2D eigenvalue weighted by atomic mass is 32.2. The number of benzene rings is 1. The summed E-state index contributed by atoms with van der Waals surface area (Å²) in [6.45, 7) is 5.57. The van der Waals surface area contributed by atoms with Crippen LogP contribution in [0, 0.1) is 13.8 Å². The van der Waals surface area contributed by atoms with E-state index >= 15 is 0 Å². The highest BCUT2D eigenvalue weighted by molar-refractivity contribution is 7.89. The SMILES string of the molecule is CCOC(=O)NC1CCC[C@H]1NS(=O)(=O)c1cc(-c2c(C)noc2C)cc2ncccc12. The topological polar surface area (TPSA) is 123 Å². The first-order valence-corrected chi connectivity index (χ1v) is 12.1. The van der Waals surface area contributed by atoms with Crippen molar-refractivity contribution < 1.29 is 22.5 Å². The van der Waals surface area contributed by atoms with E-state index in [0.717, 1.165) is 12.0 Å². The highest BCUT2D eigenvalue weighted by Gasteiger charge is 2.33. The van der Waals surface area contributed by atoms with Gasteiger partial charge in [-0.05, 0) is 69.9 Å². The lowest BCUT2D eigenvalue weighted by molar-refractivity contribution is 0.147. The second kappa shape index (κ2) is 8.87. The molecule has 2 aromatic heterocycles. The molecule has 0 radical (unpaired) electrons. The number of rotatable bonds is 6. The highest BCUT2D eigenvalue weighted by Crippen LogP contribution is 2.33. The first kappa shape index (κ1) is 22.2. The van der Waals surface area contributed by atoms with Gasteiger partial charge in [-0.3, -0.25) is 4.98 Å². The molecule has 2 N–H and O–H groups in total. The van der Waals surface area contributed by atoms with Crippen molar-refractivity contribution in [3.8, 4) is 11.1 Å². The molecule has 1 amide bonds. The minimum atomic E-state index is -3.92. The van der Waals surface area contributed by atoms with Crippen molar-refractivity contribution in [3.05, 3.63) is 41.9 Å². The zero-order chi connectivity index (χ0) is 22.9. The van der Waals surface area contributed by atoms with E-state index in [9.17, 15) is 13.2 Å². The smallest absolute Gasteiger partial charge is 0.407 e. The number of fused-ring (bicyclic) bond motifs is 1. The molecule has 10 heteroatoms. The molecule has 0 saturated heterocycles. The fraction of sp³-hybridized carbons (Fsp3) is 0.409. The zero-order valence-electron chi connectivity index (χ0n) is 18.2. The molecule has 170 valence electrons. The molecule has 0 spiro atoms. The Morgan fingerprint density at radius 3 is 2.75 bits per heavy atom. The Balaban J connectivity index is 1.72. The summed E-state index contributed by atoms with van der Waals surface area (Å²) in [6, 6.07) is 6.13. The molecule has 32 heavy (non-hydrogen) atoms. The van der Waals surface area contributed by atoms with Crippen LogP contribution in [-0.2, 0) is 14.8 Å². The van der Waals surface area contributed by atoms with Crippen molar-refractivity contribution in [2.75, 3.05) is 6.61 Å². The monoisotopic (exact) mass is 458 g/mol. The van der Waals surface area contributed by atoms with Gasteiger partial charge in [-0.1, -0.05) is 5.16 Å². The lowest BCUT2D eigenvalue weighted by Gasteiger charge is -2.22. The molecule has 0 bridgehead atoms. The van der Waals surface area contributed by atoms with Crippen LogP contribution in [-0.4, -0.2) is 43.3 Å². The lowest BCUT2D eigenvalue weighted by atomic mass is 10.0. The molecule has 1 aromatic carbocycles. The molecular weight excluding hydrogens is 432 g/mol. The fourth-order valence-corrected chi connectivity index (χ4v) is 5.82. The molecule has 1 saturated carbocycles. The van der Waals surface area contributed by atoms with Crippen molar-refractivity contribution in [2.45, 2.75) is 57.0 Å². The average Bonchev–Trinajstić information content (AvgIpc) is 3.32. The van der Waals surface area contributed by atoms with E-state index in [0.29, 0.717) is 40.8 Å². The summed E-state index contributed by atoms with van der Waals surface area (Å²) in [6.07, 6.45) is 3.17. The van der Waals surface area contributed by atoms with Crippen LogP contribution in [0.3, 0.4) is 0 Å². The predicted octanol–water partition coefficient (Wildman–Crippen LogP) is 3.45. The maximum Gasteiger partial charge on any atom is 0.407 e. The van der Waals surface area contributed by atoms with Gasteiger partial charge in [-0.25, -0.2) is 17.9 Å². The largest absolute Gasteiger partial charge is 0.450 e. The molecule has 9 nitrogen and oxygen atoms in total. The summed E-state index contributed by atoms with van der Waals surface area (Å²) in [7, 11) is -3.92. The Morgan fingerprint density at radius 1 is 1.25 bits per heavy atom. The Morgan fingerprint density at radius 2 is 2.03 bits per heavy atom. The Labute approximate surface area is 186 Å². The first-order chi connectivity index (χ1) is 15.3.